The van der Waals surface area contributed by atoms with Crippen molar-refractivity contribution in [2.45, 2.75) is 58.2 Å². The number of anilines is 1. The zero-order chi connectivity index (χ0) is 15.9. The number of fused-ring (bicyclic) bond motifs is 2. The van der Waals surface area contributed by atoms with E-state index >= 15 is 0 Å². The molecule has 120 valence electrons. The van der Waals surface area contributed by atoms with Gasteiger partial charge in [0.05, 0.1) is 24.1 Å². The summed E-state index contributed by atoms with van der Waals surface area (Å²) >= 11 is 0. The number of amides is 1. The molecule has 1 aliphatic heterocycles. The van der Waals surface area contributed by atoms with Gasteiger partial charge < -0.3 is 15.0 Å². The molecule has 1 aliphatic carbocycles. The zero-order valence-corrected chi connectivity index (χ0v) is 13.7. The smallest absolute Gasteiger partial charge is 0.410 e. The van der Waals surface area contributed by atoms with Crippen LogP contribution in [-0.4, -0.2) is 45.2 Å². The van der Waals surface area contributed by atoms with Crippen molar-refractivity contribution < 1.29 is 9.53 Å². The number of likely N-dealkylation sites (tertiary alicyclic amines) is 1. The minimum atomic E-state index is -0.454. The first-order valence-corrected chi connectivity index (χ1v) is 7.86. The molecule has 22 heavy (non-hydrogen) atoms. The number of hydrogen-bond acceptors (Lipinski definition) is 5. The minimum absolute atomic E-state index is 0.183. The van der Waals surface area contributed by atoms with E-state index in [1.165, 1.54) is 0 Å². The molecule has 6 heteroatoms. The van der Waals surface area contributed by atoms with Gasteiger partial charge in [0.1, 0.15) is 11.4 Å². The van der Waals surface area contributed by atoms with Gasteiger partial charge in [-0.1, -0.05) is 0 Å². The second-order valence-electron chi connectivity index (χ2n) is 7.33. The van der Waals surface area contributed by atoms with Crippen LogP contribution in [0.5, 0.6) is 0 Å². The van der Waals surface area contributed by atoms with Crippen molar-refractivity contribution in [1.29, 1.82) is 0 Å². The average molecular weight is 304 g/mol. The number of aryl methyl sites for hydroxylation is 1. The van der Waals surface area contributed by atoms with E-state index in [2.05, 4.69) is 15.3 Å². The number of hydrogen-bond donors (Lipinski definition) is 1. The molecule has 2 bridgehead atoms. The van der Waals surface area contributed by atoms with Gasteiger partial charge in [0.15, 0.2) is 0 Å². The van der Waals surface area contributed by atoms with Crippen molar-refractivity contribution in [3.8, 4) is 0 Å². The zero-order valence-electron chi connectivity index (χ0n) is 13.7. The Bertz CT molecular complexity index is 552. The summed E-state index contributed by atoms with van der Waals surface area (Å²) in [6.07, 6.45) is 5.40. The van der Waals surface area contributed by atoms with E-state index in [1.54, 1.807) is 12.4 Å². The summed E-state index contributed by atoms with van der Waals surface area (Å²) in [7, 11) is 0. The van der Waals surface area contributed by atoms with E-state index < -0.39 is 5.60 Å². The molecule has 1 amide bonds. The third-order valence-electron chi connectivity index (χ3n) is 4.22. The fourth-order valence-electron chi connectivity index (χ4n) is 3.37. The van der Waals surface area contributed by atoms with Crippen LogP contribution < -0.4 is 5.32 Å². The second-order valence-corrected chi connectivity index (χ2v) is 7.33. The summed E-state index contributed by atoms with van der Waals surface area (Å²) < 4.78 is 5.52. The van der Waals surface area contributed by atoms with Crippen molar-refractivity contribution >= 4 is 11.9 Å². The van der Waals surface area contributed by atoms with Crippen LogP contribution in [0.2, 0.25) is 0 Å². The molecule has 6 nitrogen and oxygen atoms in total. The molecule has 0 unspecified atom stereocenters. The van der Waals surface area contributed by atoms with Crippen molar-refractivity contribution in [3.05, 3.63) is 18.1 Å². The summed E-state index contributed by atoms with van der Waals surface area (Å²) in [5.74, 6) is 1.32. The number of rotatable bonds is 2. The maximum atomic E-state index is 12.3. The van der Waals surface area contributed by atoms with E-state index in [-0.39, 0.29) is 18.2 Å². The summed E-state index contributed by atoms with van der Waals surface area (Å²) in [4.78, 5) is 22.8. The van der Waals surface area contributed by atoms with Crippen LogP contribution in [0.3, 0.4) is 0 Å². The van der Waals surface area contributed by atoms with Gasteiger partial charge in [-0.2, -0.15) is 0 Å². The molecular formula is C16H24N4O2. The first-order valence-electron chi connectivity index (χ1n) is 7.86. The van der Waals surface area contributed by atoms with Gasteiger partial charge in [-0.15, -0.1) is 0 Å². The van der Waals surface area contributed by atoms with Crippen LogP contribution in [0.4, 0.5) is 10.6 Å². The molecule has 2 heterocycles. The number of aromatic nitrogens is 2. The number of nitrogens with zero attached hydrogens (tertiary/aromatic N) is 3. The lowest BCUT2D eigenvalue weighted by Crippen LogP contribution is -2.49. The first kappa shape index (κ1) is 15.1. The first-order chi connectivity index (χ1) is 10.3. The molecule has 2 aliphatic rings. The lowest BCUT2D eigenvalue weighted by atomic mass is 10.1. The fraction of sp³-hybridized carbons (Fsp3) is 0.688. The fourth-order valence-corrected chi connectivity index (χ4v) is 3.37. The molecule has 1 saturated carbocycles. The number of ether oxygens (including phenoxy) is 1. The lowest BCUT2D eigenvalue weighted by Gasteiger charge is -2.35. The Labute approximate surface area is 131 Å². The van der Waals surface area contributed by atoms with Crippen molar-refractivity contribution in [2.24, 2.45) is 5.92 Å². The molecule has 1 aromatic rings. The van der Waals surface area contributed by atoms with Gasteiger partial charge in [0.25, 0.3) is 0 Å². The highest BCUT2D eigenvalue weighted by atomic mass is 16.6. The van der Waals surface area contributed by atoms with Gasteiger partial charge in [-0.3, -0.25) is 4.98 Å². The number of piperidine rings is 1. The van der Waals surface area contributed by atoms with Crippen LogP contribution in [0.1, 0.15) is 39.3 Å². The van der Waals surface area contributed by atoms with Gasteiger partial charge in [0.2, 0.25) is 0 Å². The second kappa shape index (κ2) is 5.41. The molecule has 1 N–H and O–H groups in total. The van der Waals surface area contributed by atoms with Crippen molar-refractivity contribution in [3.63, 3.8) is 0 Å². The predicted octanol–water partition coefficient (Wildman–Crippen LogP) is 2.59. The third-order valence-corrected chi connectivity index (χ3v) is 4.22. The monoisotopic (exact) mass is 304 g/mol. The topological polar surface area (TPSA) is 67.4 Å². The summed E-state index contributed by atoms with van der Waals surface area (Å²) in [6.45, 7) is 8.42. The van der Waals surface area contributed by atoms with Crippen LogP contribution in [0.15, 0.2) is 12.4 Å². The molecule has 2 fully saturated rings. The van der Waals surface area contributed by atoms with E-state index in [9.17, 15) is 4.79 Å². The van der Waals surface area contributed by atoms with Gasteiger partial charge in [0, 0.05) is 12.6 Å². The normalized spacial score (nSPS) is 27.1. The molecule has 0 radical (unpaired) electrons. The van der Waals surface area contributed by atoms with Gasteiger partial charge in [-0.25, -0.2) is 9.78 Å². The molecule has 3 rings (SSSR count). The SMILES string of the molecule is Cc1cnc(N[C@@H]2C[C@H]3C[C@@H]2N(C(=O)OC(C)(C)C)C3)cn1. The molecule has 1 aromatic heterocycles. The number of carbonyl (C=O) groups is 1. The standard InChI is InChI=1S/C16H24N4O2/c1-10-7-18-14(8-17-10)19-12-5-11-6-13(12)20(9-11)15(21)22-16(2,3)4/h7-8,11-13H,5-6,9H2,1-4H3,(H,18,19)/t11-,12+,13-/m0/s1. The van der Waals surface area contributed by atoms with E-state index in [0.717, 1.165) is 30.9 Å². The van der Waals surface area contributed by atoms with E-state index in [4.69, 9.17) is 4.74 Å². The molecule has 1 saturated heterocycles. The van der Waals surface area contributed by atoms with Crippen molar-refractivity contribution in [1.82, 2.24) is 14.9 Å². The number of nitrogens with one attached hydrogen (secondary N) is 1. The number of carbonyl (C=O) groups excluding carboxylic acids is 1. The van der Waals surface area contributed by atoms with E-state index in [0.29, 0.717) is 5.92 Å². The minimum Gasteiger partial charge on any atom is -0.444 e. The molecule has 0 aromatic carbocycles. The Hall–Kier alpha value is -1.85. The Morgan fingerprint density at radius 3 is 2.68 bits per heavy atom. The van der Waals surface area contributed by atoms with E-state index in [1.807, 2.05) is 32.6 Å². The lowest BCUT2D eigenvalue weighted by molar-refractivity contribution is 0.0179. The van der Waals surface area contributed by atoms with Crippen LogP contribution >= 0.6 is 0 Å². The highest BCUT2D eigenvalue weighted by molar-refractivity contribution is 5.69. The molecule has 0 spiro atoms. The largest absolute Gasteiger partial charge is 0.444 e. The maximum Gasteiger partial charge on any atom is 0.410 e. The Morgan fingerprint density at radius 2 is 2.09 bits per heavy atom. The highest BCUT2D eigenvalue weighted by Crippen LogP contribution is 2.39. The summed E-state index contributed by atoms with van der Waals surface area (Å²) in [5.41, 5.74) is 0.443. The van der Waals surface area contributed by atoms with Crippen LogP contribution in [0.25, 0.3) is 0 Å². The Kier molecular flexibility index (Phi) is 3.70. The quantitative estimate of drug-likeness (QED) is 0.909. The highest BCUT2D eigenvalue weighted by Gasteiger charge is 2.48. The van der Waals surface area contributed by atoms with Gasteiger partial charge in [-0.05, 0) is 46.5 Å². The van der Waals surface area contributed by atoms with Crippen molar-refractivity contribution in [2.75, 3.05) is 11.9 Å². The van der Waals surface area contributed by atoms with Crippen LogP contribution in [-0.2, 0) is 4.74 Å². The predicted molar refractivity (Wildman–Crippen MR) is 83.6 cm³/mol. The van der Waals surface area contributed by atoms with Crippen LogP contribution in [0, 0.1) is 12.8 Å². The Morgan fingerprint density at radius 1 is 1.32 bits per heavy atom. The summed E-state index contributed by atoms with van der Waals surface area (Å²) in [5, 5.41) is 3.42. The molecular weight excluding hydrogens is 280 g/mol. The average Bonchev–Trinajstić information content (AvgIpc) is 2.99. The molecule has 3 atom stereocenters. The van der Waals surface area contributed by atoms with Gasteiger partial charge >= 0.3 is 6.09 Å². The maximum absolute atomic E-state index is 12.3. The summed E-state index contributed by atoms with van der Waals surface area (Å²) in [6, 6.07) is 0.409. The third kappa shape index (κ3) is 3.15. The Balaban J connectivity index is 1.66.